The number of nitrogens with two attached hydrogens (primary N) is 1. The summed E-state index contributed by atoms with van der Waals surface area (Å²) in [5, 5.41) is 7.00. The Balaban J connectivity index is -0.0000000249. The zero-order valence-corrected chi connectivity index (χ0v) is 11.9. The third-order valence-corrected chi connectivity index (χ3v) is 0.500. The zero-order valence-electron chi connectivity index (χ0n) is 11.9. The summed E-state index contributed by atoms with van der Waals surface area (Å²) in [6.07, 6.45) is 3.89. The third-order valence-electron chi connectivity index (χ3n) is 0.500. The molecule has 0 aromatic carbocycles. The number of aliphatic hydroxyl groups excluding tert-OH is 1. The molecular weight excluding hydrogens is 174 g/mol. The molecule has 0 spiro atoms. The summed E-state index contributed by atoms with van der Waals surface area (Å²) >= 11 is 0. The molecule has 0 aromatic heterocycles. The van der Waals surface area contributed by atoms with Crippen molar-refractivity contribution in [3.63, 3.8) is 0 Å². The Morgan fingerprint density at radius 3 is 0.857 bits per heavy atom. The fraction of sp³-hybridized carbons (Fsp3) is 1.00. The van der Waals surface area contributed by atoms with E-state index in [-0.39, 0.29) is 0 Å². The monoisotopic (exact) mass is 209 g/mol. The SMILES string of the molecule is CC.CCC.CCCC.CCN.CO. The van der Waals surface area contributed by atoms with Crippen LogP contribution in [-0.2, 0) is 0 Å². The molecule has 0 atom stereocenters. The van der Waals surface area contributed by atoms with Crippen molar-refractivity contribution in [2.75, 3.05) is 13.7 Å². The Labute approximate surface area is 92.9 Å². The maximum atomic E-state index is 7.00. The Bertz CT molecular complexity index is 22.3. The summed E-state index contributed by atoms with van der Waals surface area (Å²) in [4.78, 5) is 0. The van der Waals surface area contributed by atoms with E-state index in [4.69, 9.17) is 10.8 Å². The lowest BCUT2D eigenvalue weighted by atomic mass is 10.4. The summed E-state index contributed by atoms with van der Waals surface area (Å²) in [6.45, 7) is 15.3. The summed E-state index contributed by atoms with van der Waals surface area (Å²) in [6, 6.07) is 0. The van der Waals surface area contributed by atoms with Crippen molar-refractivity contribution < 1.29 is 5.11 Å². The first kappa shape index (κ1) is 29.2. The fourth-order valence-electron chi connectivity index (χ4n) is 0. The van der Waals surface area contributed by atoms with Crippen LogP contribution in [0.2, 0.25) is 0 Å². The van der Waals surface area contributed by atoms with E-state index in [9.17, 15) is 0 Å². The van der Waals surface area contributed by atoms with Crippen LogP contribution in [0.4, 0.5) is 0 Å². The maximum absolute atomic E-state index is 7.00. The zero-order chi connectivity index (χ0) is 12.8. The molecule has 3 N–H and O–H groups in total. The van der Waals surface area contributed by atoms with Gasteiger partial charge in [0.2, 0.25) is 0 Å². The van der Waals surface area contributed by atoms with Crippen LogP contribution in [0, 0.1) is 0 Å². The van der Waals surface area contributed by atoms with Crippen molar-refractivity contribution in [2.45, 2.75) is 67.7 Å². The average Bonchev–Trinajstić information content (AvgIpc) is 2.26. The van der Waals surface area contributed by atoms with E-state index in [1.807, 2.05) is 20.8 Å². The van der Waals surface area contributed by atoms with Gasteiger partial charge in [-0.15, -0.1) is 0 Å². The van der Waals surface area contributed by atoms with Gasteiger partial charge in [-0.2, -0.15) is 0 Å². The summed E-state index contributed by atoms with van der Waals surface area (Å²) in [5.41, 5.74) is 4.85. The van der Waals surface area contributed by atoms with Gasteiger partial charge in [-0.25, -0.2) is 0 Å². The van der Waals surface area contributed by atoms with Crippen LogP contribution in [0.5, 0.6) is 0 Å². The Morgan fingerprint density at radius 1 is 0.786 bits per heavy atom. The van der Waals surface area contributed by atoms with Gasteiger partial charge in [0.05, 0.1) is 0 Å². The molecule has 0 saturated carbocycles. The average molecular weight is 209 g/mol. The molecule has 0 saturated heterocycles. The highest BCUT2D eigenvalue weighted by atomic mass is 16.2. The van der Waals surface area contributed by atoms with Crippen molar-refractivity contribution in [2.24, 2.45) is 5.73 Å². The molecule has 14 heavy (non-hydrogen) atoms. The van der Waals surface area contributed by atoms with Gasteiger partial charge in [-0.3, -0.25) is 0 Å². The van der Waals surface area contributed by atoms with Crippen LogP contribution < -0.4 is 5.73 Å². The first-order valence-corrected chi connectivity index (χ1v) is 5.89. The van der Waals surface area contributed by atoms with Crippen molar-refractivity contribution in [3.05, 3.63) is 0 Å². The third kappa shape index (κ3) is 1680. The minimum Gasteiger partial charge on any atom is -0.400 e. The highest BCUT2D eigenvalue weighted by molar-refractivity contribution is 4.12. The molecule has 0 unspecified atom stereocenters. The van der Waals surface area contributed by atoms with E-state index in [1.165, 1.54) is 19.3 Å². The summed E-state index contributed by atoms with van der Waals surface area (Å²) in [5.74, 6) is 0. The van der Waals surface area contributed by atoms with Crippen LogP contribution in [0.3, 0.4) is 0 Å². The van der Waals surface area contributed by atoms with Crippen LogP contribution in [0.15, 0.2) is 0 Å². The number of hydrogen-bond acceptors (Lipinski definition) is 2. The van der Waals surface area contributed by atoms with E-state index < -0.39 is 0 Å². The molecule has 0 aromatic rings. The molecule has 0 fully saturated rings. The first-order chi connectivity index (χ1) is 6.74. The molecule has 94 valence electrons. The second-order valence-corrected chi connectivity index (χ2v) is 2.12. The van der Waals surface area contributed by atoms with Gasteiger partial charge < -0.3 is 10.8 Å². The van der Waals surface area contributed by atoms with Crippen LogP contribution in [0.1, 0.15) is 67.7 Å². The predicted octanol–water partition coefficient (Wildman–Crippen LogP) is 3.82. The molecule has 0 heterocycles. The lowest BCUT2D eigenvalue weighted by Crippen LogP contribution is -1.87. The number of aliphatic hydroxyl groups is 1. The van der Waals surface area contributed by atoms with Crippen molar-refractivity contribution in [1.29, 1.82) is 0 Å². The molecule has 0 radical (unpaired) electrons. The van der Waals surface area contributed by atoms with Gasteiger partial charge in [0.25, 0.3) is 0 Å². The summed E-state index contributed by atoms with van der Waals surface area (Å²) in [7, 11) is 1.00. The first-order valence-electron chi connectivity index (χ1n) is 5.89. The lowest BCUT2D eigenvalue weighted by molar-refractivity contribution is 0.399. The van der Waals surface area contributed by atoms with E-state index in [0.29, 0.717) is 0 Å². The van der Waals surface area contributed by atoms with Gasteiger partial charge >= 0.3 is 0 Å². The molecule has 0 amide bonds. The Hall–Kier alpha value is -0.0800. The topological polar surface area (TPSA) is 46.2 Å². The Morgan fingerprint density at radius 2 is 0.857 bits per heavy atom. The second-order valence-electron chi connectivity index (χ2n) is 2.12. The van der Waals surface area contributed by atoms with Gasteiger partial charge in [-0.1, -0.05) is 67.7 Å². The van der Waals surface area contributed by atoms with Crippen molar-refractivity contribution in [1.82, 2.24) is 0 Å². The van der Waals surface area contributed by atoms with Gasteiger partial charge in [0.15, 0.2) is 0 Å². The molecule has 0 aliphatic heterocycles. The highest BCUT2D eigenvalue weighted by Gasteiger charge is 1.56. The number of rotatable bonds is 1. The quantitative estimate of drug-likeness (QED) is 0.689. The lowest BCUT2D eigenvalue weighted by Gasteiger charge is -1.68. The van der Waals surface area contributed by atoms with E-state index in [0.717, 1.165) is 13.7 Å². The molecule has 2 heteroatoms. The van der Waals surface area contributed by atoms with Gasteiger partial charge in [0, 0.05) is 7.11 Å². The van der Waals surface area contributed by atoms with Crippen molar-refractivity contribution >= 4 is 0 Å². The predicted molar refractivity (Wildman–Crippen MR) is 70.8 cm³/mol. The Kier molecular flexibility index (Phi) is 249. The van der Waals surface area contributed by atoms with Crippen LogP contribution >= 0.6 is 0 Å². The molecular formula is C12H35NO. The molecule has 0 aliphatic carbocycles. The minimum absolute atomic E-state index is 0.750. The number of hydrogen-bond donors (Lipinski definition) is 2. The van der Waals surface area contributed by atoms with Gasteiger partial charge in [-0.05, 0) is 6.54 Å². The summed E-state index contributed by atoms with van der Waals surface area (Å²) < 4.78 is 0. The maximum Gasteiger partial charge on any atom is 0.0319 e. The smallest absolute Gasteiger partial charge is 0.0319 e. The standard InChI is InChI=1S/C4H10.C3H8.C2H7N.C2H6.CH4O/c1-3-4-2;1-3-2;1-2-3;2*1-2/h3-4H2,1-2H3;3H2,1-2H3;2-3H2,1H3;1-2H3;2H,1H3. The normalized spacial score (nSPS) is 5.57. The highest BCUT2D eigenvalue weighted by Crippen LogP contribution is 1.76. The molecule has 0 rings (SSSR count). The fourth-order valence-corrected chi connectivity index (χ4v) is 0. The molecule has 2 nitrogen and oxygen atoms in total. The van der Waals surface area contributed by atoms with Crippen LogP contribution in [0.25, 0.3) is 0 Å². The van der Waals surface area contributed by atoms with Crippen molar-refractivity contribution in [3.8, 4) is 0 Å². The van der Waals surface area contributed by atoms with E-state index in [1.54, 1.807) is 0 Å². The van der Waals surface area contributed by atoms with E-state index >= 15 is 0 Å². The minimum atomic E-state index is 0.750. The molecule has 0 aliphatic rings. The second kappa shape index (κ2) is 119. The number of unbranched alkanes of at least 4 members (excludes halogenated alkanes) is 1. The van der Waals surface area contributed by atoms with Crippen LogP contribution in [-0.4, -0.2) is 18.8 Å². The van der Waals surface area contributed by atoms with Gasteiger partial charge in [0.1, 0.15) is 0 Å². The molecule has 0 bridgehead atoms. The van der Waals surface area contributed by atoms with E-state index in [2.05, 4.69) is 27.7 Å². The largest absolute Gasteiger partial charge is 0.400 e.